The summed E-state index contributed by atoms with van der Waals surface area (Å²) >= 11 is 0. The molecule has 0 fully saturated rings. The van der Waals surface area contributed by atoms with Crippen LogP contribution in [0.1, 0.15) is 26.3 Å². The number of anilines is 1. The zero-order chi connectivity index (χ0) is 10.6. The summed E-state index contributed by atoms with van der Waals surface area (Å²) in [6.45, 7) is 7.24. The molecule has 0 bridgehead atoms. The molecular weight excluding hydrogens is 172 g/mol. The first-order valence-corrected chi connectivity index (χ1v) is 5.19. The maximum Gasteiger partial charge on any atom is 0.0342 e. The van der Waals surface area contributed by atoms with Gasteiger partial charge in [-0.3, -0.25) is 0 Å². The summed E-state index contributed by atoms with van der Waals surface area (Å²) in [6.07, 6.45) is 0. The third kappa shape index (κ3) is 3.04. The summed E-state index contributed by atoms with van der Waals surface area (Å²) in [5.74, 6) is 0.643. The van der Waals surface area contributed by atoms with E-state index in [4.69, 9.17) is 5.73 Å². The number of benzene rings is 1. The van der Waals surface area contributed by atoms with Crippen molar-refractivity contribution in [3.05, 3.63) is 29.8 Å². The lowest BCUT2D eigenvalue weighted by molar-refractivity contribution is 0.560. The number of nitrogens with two attached hydrogens (primary N) is 1. The van der Waals surface area contributed by atoms with E-state index in [0.29, 0.717) is 18.5 Å². The molecule has 0 radical (unpaired) electrons. The smallest absolute Gasteiger partial charge is 0.0342 e. The van der Waals surface area contributed by atoms with Gasteiger partial charge in [0.1, 0.15) is 0 Å². The molecular formula is C12H20N2. The lowest BCUT2D eigenvalue weighted by Gasteiger charge is -2.18. The Morgan fingerprint density at radius 3 is 2.14 bits per heavy atom. The predicted molar refractivity (Wildman–Crippen MR) is 62.3 cm³/mol. The molecule has 0 saturated carbocycles. The van der Waals surface area contributed by atoms with Gasteiger partial charge in [-0.05, 0) is 30.5 Å². The summed E-state index contributed by atoms with van der Waals surface area (Å²) in [6, 6.07) is 8.80. The lowest BCUT2D eigenvalue weighted by atomic mass is 10.1. The zero-order valence-electron chi connectivity index (χ0n) is 9.25. The first kappa shape index (κ1) is 11.1. The van der Waals surface area contributed by atoms with Crippen molar-refractivity contribution in [2.24, 2.45) is 11.7 Å². The van der Waals surface area contributed by atoms with E-state index in [1.165, 1.54) is 11.3 Å². The van der Waals surface area contributed by atoms with Crippen LogP contribution in [-0.4, -0.2) is 6.04 Å². The average molecular weight is 192 g/mol. The van der Waals surface area contributed by atoms with Crippen LogP contribution in [0, 0.1) is 5.92 Å². The Morgan fingerprint density at radius 1 is 1.14 bits per heavy atom. The van der Waals surface area contributed by atoms with Crippen LogP contribution in [0.5, 0.6) is 0 Å². The molecule has 2 nitrogen and oxygen atoms in total. The van der Waals surface area contributed by atoms with Gasteiger partial charge in [-0.25, -0.2) is 0 Å². The lowest BCUT2D eigenvalue weighted by Crippen LogP contribution is -2.21. The second-order valence-electron chi connectivity index (χ2n) is 4.08. The molecule has 1 aromatic carbocycles. The summed E-state index contributed by atoms with van der Waals surface area (Å²) in [7, 11) is 0. The topological polar surface area (TPSA) is 38.0 Å². The van der Waals surface area contributed by atoms with Gasteiger partial charge >= 0.3 is 0 Å². The van der Waals surface area contributed by atoms with Crippen LogP contribution in [0.3, 0.4) is 0 Å². The van der Waals surface area contributed by atoms with Crippen LogP contribution in [-0.2, 0) is 6.54 Å². The molecule has 0 spiro atoms. The highest BCUT2D eigenvalue weighted by molar-refractivity contribution is 5.45. The Bertz CT molecular complexity index is 264. The summed E-state index contributed by atoms with van der Waals surface area (Å²) < 4.78 is 0. The van der Waals surface area contributed by atoms with Crippen LogP contribution >= 0.6 is 0 Å². The minimum Gasteiger partial charge on any atom is -0.382 e. The highest BCUT2D eigenvalue weighted by Gasteiger charge is 2.05. The second-order valence-corrected chi connectivity index (χ2v) is 4.08. The fourth-order valence-electron chi connectivity index (χ4n) is 1.17. The van der Waals surface area contributed by atoms with E-state index in [1.807, 2.05) is 0 Å². The number of nitrogens with one attached hydrogen (secondary N) is 1. The van der Waals surface area contributed by atoms with Crippen molar-refractivity contribution >= 4 is 5.69 Å². The monoisotopic (exact) mass is 192 g/mol. The van der Waals surface area contributed by atoms with E-state index >= 15 is 0 Å². The molecule has 1 atom stereocenters. The van der Waals surface area contributed by atoms with E-state index in [9.17, 15) is 0 Å². The molecule has 0 aliphatic carbocycles. The Balaban J connectivity index is 2.59. The second kappa shape index (κ2) is 5.01. The van der Waals surface area contributed by atoms with E-state index in [0.717, 1.165) is 0 Å². The molecule has 0 saturated heterocycles. The Hall–Kier alpha value is -1.02. The van der Waals surface area contributed by atoms with Crippen LogP contribution in [0.15, 0.2) is 24.3 Å². The van der Waals surface area contributed by atoms with Crippen molar-refractivity contribution in [2.75, 3.05) is 5.32 Å². The van der Waals surface area contributed by atoms with Crippen molar-refractivity contribution < 1.29 is 0 Å². The molecule has 2 heteroatoms. The molecule has 1 aromatic rings. The van der Waals surface area contributed by atoms with Crippen molar-refractivity contribution in [1.29, 1.82) is 0 Å². The standard InChI is InChI=1S/C12H20N2/c1-9(2)10(3)14-12-6-4-11(8-13)5-7-12/h4-7,9-10,14H,8,13H2,1-3H3. The van der Waals surface area contributed by atoms with Crippen molar-refractivity contribution in [3.63, 3.8) is 0 Å². The van der Waals surface area contributed by atoms with Gasteiger partial charge in [0, 0.05) is 18.3 Å². The highest BCUT2D eigenvalue weighted by Crippen LogP contribution is 2.13. The van der Waals surface area contributed by atoms with Crippen molar-refractivity contribution in [2.45, 2.75) is 33.4 Å². The molecule has 0 aromatic heterocycles. The van der Waals surface area contributed by atoms with E-state index < -0.39 is 0 Å². The molecule has 14 heavy (non-hydrogen) atoms. The number of rotatable bonds is 4. The quantitative estimate of drug-likeness (QED) is 0.769. The van der Waals surface area contributed by atoms with Crippen LogP contribution in [0.2, 0.25) is 0 Å². The first-order chi connectivity index (χ1) is 6.63. The largest absolute Gasteiger partial charge is 0.382 e. The van der Waals surface area contributed by atoms with Crippen LogP contribution in [0.25, 0.3) is 0 Å². The van der Waals surface area contributed by atoms with Gasteiger partial charge in [0.25, 0.3) is 0 Å². The molecule has 3 N–H and O–H groups in total. The summed E-state index contributed by atoms with van der Waals surface area (Å²) in [5, 5.41) is 3.45. The zero-order valence-corrected chi connectivity index (χ0v) is 9.25. The third-order valence-electron chi connectivity index (χ3n) is 2.58. The predicted octanol–water partition coefficient (Wildman–Crippen LogP) is 2.60. The van der Waals surface area contributed by atoms with E-state index in [-0.39, 0.29) is 0 Å². The summed E-state index contributed by atoms with van der Waals surface area (Å²) in [4.78, 5) is 0. The van der Waals surface area contributed by atoms with Gasteiger partial charge < -0.3 is 11.1 Å². The minimum absolute atomic E-state index is 0.499. The average Bonchev–Trinajstić information content (AvgIpc) is 2.19. The number of hydrogen-bond acceptors (Lipinski definition) is 2. The van der Waals surface area contributed by atoms with Gasteiger partial charge in [-0.1, -0.05) is 26.0 Å². The van der Waals surface area contributed by atoms with Crippen molar-refractivity contribution in [1.82, 2.24) is 0 Å². The van der Waals surface area contributed by atoms with Gasteiger partial charge in [0.2, 0.25) is 0 Å². The van der Waals surface area contributed by atoms with Gasteiger partial charge in [-0.15, -0.1) is 0 Å². The van der Waals surface area contributed by atoms with Crippen molar-refractivity contribution in [3.8, 4) is 0 Å². The highest BCUT2D eigenvalue weighted by atomic mass is 14.9. The Morgan fingerprint density at radius 2 is 1.71 bits per heavy atom. The van der Waals surface area contributed by atoms with E-state index in [2.05, 4.69) is 50.4 Å². The van der Waals surface area contributed by atoms with Crippen LogP contribution in [0.4, 0.5) is 5.69 Å². The minimum atomic E-state index is 0.499. The molecule has 0 amide bonds. The maximum absolute atomic E-state index is 5.53. The van der Waals surface area contributed by atoms with Gasteiger partial charge in [0.05, 0.1) is 0 Å². The molecule has 78 valence electrons. The molecule has 1 rings (SSSR count). The number of hydrogen-bond donors (Lipinski definition) is 2. The van der Waals surface area contributed by atoms with Gasteiger partial charge in [-0.2, -0.15) is 0 Å². The third-order valence-corrected chi connectivity index (χ3v) is 2.58. The Labute approximate surface area is 86.5 Å². The van der Waals surface area contributed by atoms with Gasteiger partial charge in [0.15, 0.2) is 0 Å². The SMILES string of the molecule is CC(C)C(C)Nc1ccc(CN)cc1. The van der Waals surface area contributed by atoms with E-state index in [1.54, 1.807) is 0 Å². The Kier molecular flexibility index (Phi) is 3.96. The normalized spacial score (nSPS) is 12.9. The molecule has 0 heterocycles. The van der Waals surface area contributed by atoms with Crippen LogP contribution < -0.4 is 11.1 Å². The maximum atomic E-state index is 5.53. The fraction of sp³-hybridized carbons (Fsp3) is 0.500. The fourth-order valence-corrected chi connectivity index (χ4v) is 1.17. The summed E-state index contributed by atoms with van der Waals surface area (Å²) in [5.41, 5.74) is 7.87. The first-order valence-electron chi connectivity index (χ1n) is 5.19. The molecule has 1 unspecified atom stereocenters. The molecule has 0 aliphatic rings. The molecule has 0 aliphatic heterocycles.